The molecule has 2 rings (SSSR count). The van der Waals surface area contributed by atoms with Crippen LogP contribution in [0.4, 0.5) is 0 Å². The predicted molar refractivity (Wildman–Crippen MR) is 91.5 cm³/mol. The molecule has 0 heterocycles. The molecule has 0 radical (unpaired) electrons. The zero-order valence-corrected chi connectivity index (χ0v) is 16.3. The third-order valence-corrected chi connectivity index (χ3v) is 12.5. The Morgan fingerprint density at radius 1 is 0.619 bits per heavy atom. The topological polar surface area (TPSA) is 18.5 Å². The number of hydrogen-bond acceptors (Lipinski definition) is 2. The lowest BCUT2D eigenvalue weighted by atomic mass is 9.94. The minimum absolute atomic E-state index is 0.655. The number of rotatable bonds is 4. The second-order valence-electron chi connectivity index (χ2n) is 8.21. The number of hydrogen-bond donors (Lipinski definition) is 0. The lowest BCUT2D eigenvalue weighted by molar-refractivity contribution is 0.194. The predicted octanol–water partition coefficient (Wildman–Crippen LogP) is 5.09. The molecule has 2 aliphatic rings. The zero-order valence-electron chi connectivity index (χ0n) is 15.3. The van der Waals surface area contributed by atoms with E-state index in [4.69, 9.17) is 8.85 Å². The van der Waals surface area contributed by atoms with Crippen LogP contribution < -0.4 is 0 Å². The second kappa shape index (κ2) is 6.33. The van der Waals surface area contributed by atoms with Crippen molar-refractivity contribution in [2.24, 2.45) is 35.5 Å². The summed E-state index contributed by atoms with van der Waals surface area (Å²) in [4.78, 5) is 0. The van der Waals surface area contributed by atoms with Gasteiger partial charge in [0.05, 0.1) is 0 Å². The van der Waals surface area contributed by atoms with Gasteiger partial charge in [-0.1, -0.05) is 41.5 Å². The normalized spacial score (nSPS) is 48.0. The van der Waals surface area contributed by atoms with Gasteiger partial charge in [-0.05, 0) is 48.3 Å². The summed E-state index contributed by atoms with van der Waals surface area (Å²) in [6, 6.07) is 0. The van der Waals surface area contributed by atoms with E-state index in [0.717, 1.165) is 35.5 Å². The van der Waals surface area contributed by atoms with E-state index >= 15 is 0 Å². The maximum Gasteiger partial charge on any atom is 0.344 e. The van der Waals surface area contributed by atoms with Crippen LogP contribution in [0, 0.1) is 35.5 Å². The van der Waals surface area contributed by atoms with Gasteiger partial charge in [0.1, 0.15) is 0 Å². The summed E-state index contributed by atoms with van der Waals surface area (Å²) < 4.78 is 12.6. The Morgan fingerprint density at radius 3 is 1.14 bits per heavy atom. The van der Waals surface area contributed by atoms with E-state index in [1.165, 1.54) is 12.8 Å². The van der Waals surface area contributed by atoms with Gasteiger partial charge in [0.25, 0.3) is 0 Å². The Balaban J connectivity index is 2.33. The van der Waals surface area contributed by atoms with Gasteiger partial charge < -0.3 is 8.85 Å². The fourth-order valence-electron chi connectivity index (χ4n) is 5.45. The van der Waals surface area contributed by atoms with E-state index < -0.39 is 8.56 Å². The SMILES string of the molecule is CO[Si](OC)(C1CC(C)C(C)C1C)C1CC(C)C(C)C1C. The van der Waals surface area contributed by atoms with Crippen LogP contribution in [0.15, 0.2) is 0 Å². The highest BCUT2D eigenvalue weighted by Crippen LogP contribution is 2.59. The molecule has 0 aromatic rings. The molecule has 8 unspecified atom stereocenters. The van der Waals surface area contributed by atoms with Gasteiger partial charge in [0.15, 0.2) is 0 Å². The van der Waals surface area contributed by atoms with Crippen molar-refractivity contribution in [3.8, 4) is 0 Å². The molecule has 0 aliphatic heterocycles. The average molecular weight is 313 g/mol. The van der Waals surface area contributed by atoms with E-state index in [1.54, 1.807) is 0 Å². The third-order valence-electron chi connectivity index (χ3n) is 7.65. The summed E-state index contributed by atoms with van der Waals surface area (Å²) in [7, 11) is 1.68. The molecule has 8 atom stereocenters. The monoisotopic (exact) mass is 312 g/mol. The van der Waals surface area contributed by atoms with Crippen molar-refractivity contribution in [1.82, 2.24) is 0 Å². The summed E-state index contributed by atoms with van der Waals surface area (Å²) in [6.07, 6.45) is 2.59. The van der Waals surface area contributed by atoms with Crippen LogP contribution in [0.3, 0.4) is 0 Å². The summed E-state index contributed by atoms with van der Waals surface area (Å²) in [5.41, 5.74) is 1.31. The average Bonchev–Trinajstić information content (AvgIpc) is 2.88. The molecule has 3 heteroatoms. The van der Waals surface area contributed by atoms with Crippen molar-refractivity contribution in [3.63, 3.8) is 0 Å². The lowest BCUT2D eigenvalue weighted by Crippen LogP contribution is -2.51. The summed E-state index contributed by atoms with van der Waals surface area (Å²) in [5, 5.41) is 0. The maximum atomic E-state index is 6.31. The summed E-state index contributed by atoms with van der Waals surface area (Å²) >= 11 is 0. The zero-order chi connectivity index (χ0) is 15.9. The summed E-state index contributed by atoms with van der Waals surface area (Å²) in [5.74, 6) is 4.63. The first-order valence-corrected chi connectivity index (χ1v) is 10.9. The second-order valence-corrected chi connectivity index (χ2v) is 11.9. The molecule has 0 spiro atoms. The molecule has 0 aromatic heterocycles. The molecule has 2 aliphatic carbocycles. The summed E-state index contributed by atoms with van der Waals surface area (Å²) in [6.45, 7) is 14.5. The Bertz CT molecular complexity index is 325. The maximum absolute atomic E-state index is 6.31. The van der Waals surface area contributed by atoms with Crippen molar-refractivity contribution < 1.29 is 8.85 Å². The molecular formula is C18H36O2Si. The molecule has 0 amide bonds. The van der Waals surface area contributed by atoms with E-state index in [9.17, 15) is 0 Å². The first kappa shape index (κ1) is 17.5. The van der Waals surface area contributed by atoms with Crippen molar-refractivity contribution in [1.29, 1.82) is 0 Å². The first-order valence-electron chi connectivity index (χ1n) is 8.90. The van der Waals surface area contributed by atoms with E-state index in [0.29, 0.717) is 11.1 Å². The van der Waals surface area contributed by atoms with Crippen LogP contribution in [0.2, 0.25) is 11.1 Å². The lowest BCUT2D eigenvalue weighted by Gasteiger charge is -2.42. The molecule has 0 bridgehead atoms. The molecule has 2 saturated carbocycles. The molecule has 124 valence electrons. The fraction of sp³-hybridized carbons (Fsp3) is 1.00. The minimum atomic E-state index is -2.17. The van der Waals surface area contributed by atoms with Gasteiger partial charge in [-0.25, -0.2) is 0 Å². The Labute approximate surface area is 133 Å². The molecule has 2 fully saturated rings. The van der Waals surface area contributed by atoms with Crippen LogP contribution in [-0.4, -0.2) is 22.8 Å². The van der Waals surface area contributed by atoms with Gasteiger partial charge >= 0.3 is 8.56 Å². The molecule has 2 nitrogen and oxygen atoms in total. The Kier molecular flexibility index (Phi) is 5.27. The van der Waals surface area contributed by atoms with Crippen LogP contribution >= 0.6 is 0 Å². The van der Waals surface area contributed by atoms with Gasteiger partial charge in [0, 0.05) is 25.3 Å². The van der Waals surface area contributed by atoms with Crippen molar-refractivity contribution >= 4 is 8.56 Å². The van der Waals surface area contributed by atoms with E-state index in [1.807, 2.05) is 14.2 Å². The van der Waals surface area contributed by atoms with Crippen LogP contribution in [0.5, 0.6) is 0 Å². The Morgan fingerprint density at radius 2 is 0.952 bits per heavy atom. The third kappa shape index (κ3) is 2.64. The molecule has 0 saturated heterocycles. The molecule has 21 heavy (non-hydrogen) atoms. The fourth-order valence-corrected chi connectivity index (χ4v) is 10.9. The van der Waals surface area contributed by atoms with Gasteiger partial charge in [-0.15, -0.1) is 0 Å². The standard InChI is InChI=1S/C18H36O2Si/c1-11-9-17(15(5)13(11)3)21(19-7,20-8)18-10-12(2)14(4)16(18)6/h11-18H,9-10H2,1-8H3. The van der Waals surface area contributed by atoms with Crippen molar-refractivity contribution in [2.45, 2.75) is 65.5 Å². The highest BCUT2D eigenvalue weighted by Gasteiger charge is 2.60. The Hall–Kier alpha value is 0.137. The van der Waals surface area contributed by atoms with E-state index in [2.05, 4.69) is 41.5 Å². The quantitative estimate of drug-likeness (QED) is 0.673. The highest BCUT2D eigenvalue weighted by atomic mass is 28.4. The van der Waals surface area contributed by atoms with Crippen LogP contribution in [-0.2, 0) is 8.85 Å². The van der Waals surface area contributed by atoms with Crippen molar-refractivity contribution in [2.75, 3.05) is 14.2 Å². The molecule has 0 aromatic carbocycles. The van der Waals surface area contributed by atoms with Gasteiger partial charge in [-0.2, -0.15) is 0 Å². The van der Waals surface area contributed by atoms with Crippen LogP contribution in [0.1, 0.15) is 54.4 Å². The van der Waals surface area contributed by atoms with Crippen LogP contribution in [0.25, 0.3) is 0 Å². The van der Waals surface area contributed by atoms with E-state index in [-0.39, 0.29) is 0 Å². The van der Waals surface area contributed by atoms with Crippen molar-refractivity contribution in [3.05, 3.63) is 0 Å². The smallest absolute Gasteiger partial charge is 0.344 e. The first-order chi connectivity index (χ1) is 9.80. The highest BCUT2D eigenvalue weighted by molar-refractivity contribution is 6.70. The molecular weight excluding hydrogens is 276 g/mol. The van der Waals surface area contributed by atoms with Gasteiger partial charge in [0.2, 0.25) is 0 Å². The largest absolute Gasteiger partial charge is 0.397 e. The molecule has 0 N–H and O–H groups in total. The minimum Gasteiger partial charge on any atom is -0.397 e. The van der Waals surface area contributed by atoms with Gasteiger partial charge in [-0.3, -0.25) is 0 Å².